The molecule has 0 aliphatic heterocycles. The van der Waals surface area contributed by atoms with Crippen LogP contribution in [0.15, 0.2) is 54.6 Å². The van der Waals surface area contributed by atoms with Crippen molar-refractivity contribution in [2.75, 3.05) is 0 Å². The lowest BCUT2D eigenvalue weighted by atomic mass is 9.99. The van der Waals surface area contributed by atoms with Crippen LogP contribution in [0.5, 0.6) is 0 Å². The Labute approximate surface area is 131 Å². The molecule has 3 rings (SSSR count). The van der Waals surface area contributed by atoms with Crippen LogP contribution in [0.1, 0.15) is 29.7 Å². The zero-order chi connectivity index (χ0) is 15.5. The Bertz CT molecular complexity index is 653. The lowest BCUT2D eigenvalue weighted by Crippen LogP contribution is -2.37. The molecule has 2 aromatic carbocycles. The maximum atomic E-state index is 12.4. The van der Waals surface area contributed by atoms with Crippen molar-refractivity contribution in [2.45, 2.75) is 31.9 Å². The fourth-order valence-corrected chi connectivity index (χ4v) is 3.10. The van der Waals surface area contributed by atoms with Crippen LogP contribution in [0.2, 0.25) is 0 Å². The third-order valence-electron chi connectivity index (χ3n) is 4.33. The number of hydrogen-bond acceptors (Lipinski definition) is 2. The van der Waals surface area contributed by atoms with Gasteiger partial charge in [0.05, 0.1) is 12.1 Å². The first kappa shape index (κ1) is 14.8. The summed E-state index contributed by atoms with van der Waals surface area (Å²) in [6, 6.07) is 17.6. The van der Waals surface area contributed by atoms with E-state index in [1.54, 1.807) is 0 Å². The minimum absolute atomic E-state index is 0.00962. The van der Waals surface area contributed by atoms with E-state index in [4.69, 9.17) is 0 Å². The summed E-state index contributed by atoms with van der Waals surface area (Å²) in [6.07, 6.45) is 0.774. The second-order valence-corrected chi connectivity index (χ2v) is 6.05. The maximum Gasteiger partial charge on any atom is 0.223 e. The summed E-state index contributed by atoms with van der Waals surface area (Å²) < 4.78 is 0. The van der Waals surface area contributed by atoms with Gasteiger partial charge in [0.2, 0.25) is 5.91 Å². The number of aliphatic hydroxyl groups is 1. The summed E-state index contributed by atoms with van der Waals surface area (Å²) in [7, 11) is 0. The number of fused-ring (bicyclic) bond motifs is 1. The Morgan fingerprint density at radius 3 is 2.64 bits per heavy atom. The van der Waals surface area contributed by atoms with Crippen LogP contribution in [-0.2, 0) is 17.6 Å². The average molecular weight is 295 g/mol. The molecular formula is C19H21NO2. The molecule has 3 atom stereocenters. The maximum absolute atomic E-state index is 12.4. The van der Waals surface area contributed by atoms with E-state index >= 15 is 0 Å². The first-order valence-electron chi connectivity index (χ1n) is 7.75. The van der Waals surface area contributed by atoms with Crippen molar-refractivity contribution in [1.29, 1.82) is 0 Å². The third kappa shape index (κ3) is 3.04. The van der Waals surface area contributed by atoms with Gasteiger partial charge in [-0.2, -0.15) is 0 Å². The molecule has 3 nitrogen and oxygen atoms in total. The van der Waals surface area contributed by atoms with E-state index in [9.17, 15) is 9.90 Å². The largest absolute Gasteiger partial charge is 0.390 e. The van der Waals surface area contributed by atoms with E-state index in [1.807, 2.05) is 61.5 Å². The Kier molecular flexibility index (Phi) is 4.25. The number of carbonyl (C=O) groups is 1. The lowest BCUT2D eigenvalue weighted by Gasteiger charge is -2.20. The molecule has 1 amide bonds. The fraction of sp³-hybridized carbons (Fsp3) is 0.316. The molecule has 1 aliphatic rings. The fourth-order valence-electron chi connectivity index (χ4n) is 3.10. The molecule has 0 saturated carbocycles. The Balaban J connectivity index is 1.67. The third-order valence-corrected chi connectivity index (χ3v) is 4.33. The van der Waals surface area contributed by atoms with E-state index in [2.05, 4.69) is 5.32 Å². The summed E-state index contributed by atoms with van der Waals surface area (Å²) in [4.78, 5) is 12.4. The highest BCUT2D eigenvalue weighted by molar-refractivity contribution is 5.79. The smallest absolute Gasteiger partial charge is 0.223 e. The molecule has 3 heteroatoms. The predicted octanol–water partition coefficient (Wildman–Crippen LogP) is 2.64. The monoisotopic (exact) mass is 295 g/mol. The van der Waals surface area contributed by atoms with Crippen LogP contribution in [-0.4, -0.2) is 17.1 Å². The Hall–Kier alpha value is -2.13. The van der Waals surface area contributed by atoms with Gasteiger partial charge in [-0.1, -0.05) is 61.5 Å². The second-order valence-electron chi connectivity index (χ2n) is 6.05. The molecule has 114 valence electrons. The second kappa shape index (κ2) is 6.32. The number of nitrogens with one attached hydrogen (secondary N) is 1. The van der Waals surface area contributed by atoms with E-state index in [0.717, 1.165) is 16.7 Å². The summed E-state index contributed by atoms with van der Waals surface area (Å²) in [6.45, 7) is 1.93. The summed E-state index contributed by atoms with van der Waals surface area (Å²) >= 11 is 0. The number of carbonyl (C=O) groups excluding carboxylic acids is 1. The minimum Gasteiger partial charge on any atom is -0.390 e. The van der Waals surface area contributed by atoms with Gasteiger partial charge in [-0.05, 0) is 23.1 Å². The van der Waals surface area contributed by atoms with Crippen molar-refractivity contribution in [3.05, 3.63) is 71.3 Å². The molecule has 2 aromatic rings. The Morgan fingerprint density at radius 1 is 1.18 bits per heavy atom. The van der Waals surface area contributed by atoms with Gasteiger partial charge in [-0.25, -0.2) is 0 Å². The van der Waals surface area contributed by atoms with Gasteiger partial charge in [0.15, 0.2) is 0 Å². The normalized spacial score (nSPS) is 21.2. The van der Waals surface area contributed by atoms with Crippen LogP contribution < -0.4 is 5.32 Å². The van der Waals surface area contributed by atoms with Gasteiger partial charge in [-0.3, -0.25) is 4.79 Å². The summed E-state index contributed by atoms with van der Waals surface area (Å²) in [5, 5.41) is 13.2. The van der Waals surface area contributed by atoms with E-state index < -0.39 is 6.10 Å². The number of benzene rings is 2. The first-order valence-corrected chi connectivity index (χ1v) is 7.75. The molecule has 0 radical (unpaired) electrons. The summed E-state index contributed by atoms with van der Waals surface area (Å²) in [5.74, 6) is -0.132. The van der Waals surface area contributed by atoms with E-state index in [1.165, 1.54) is 0 Å². The Morgan fingerprint density at radius 2 is 1.86 bits per heavy atom. The van der Waals surface area contributed by atoms with Crippen molar-refractivity contribution in [1.82, 2.24) is 5.32 Å². The van der Waals surface area contributed by atoms with Crippen molar-refractivity contribution < 1.29 is 9.90 Å². The quantitative estimate of drug-likeness (QED) is 0.911. The molecule has 22 heavy (non-hydrogen) atoms. The molecule has 0 heterocycles. The van der Waals surface area contributed by atoms with Crippen LogP contribution in [0.25, 0.3) is 0 Å². The van der Waals surface area contributed by atoms with Crippen molar-refractivity contribution in [3.63, 3.8) is 0 Å². The minimum atomic E-state index is -0.537. The molecule has 0 fully saturated rings. The SMILES string of the molecule is CC(Cc1ccccc1)C(=O)NC1c2ccccc2CC1O. The van der Waals surface area contributed by atoms with Crippen LogP contribution in [0.3, 0.4) is 0 Å². The number of rotatable bonds is 4. The highest BCUT2D eigenvalue weighted by Gasteiger charge is 2.32. The van der Waals surface area contributed by atoms with Gasteiger partial charge in [-0.15, -0.1) is 0 Å². The van der Waals surface area contributed by atoms with Crippen molar-refractivity contribution >= 4 is 5.91 Å². The molecule has 0 aromatic heterocycles. The molecule has 0 bridgehead atoms. The van der Waals surface area contributed by atoms with Gasteiger partial charge in [0.1, 0.15) is 0 Å². The molecule has 2 N–H and O–H groups in total. The van der Waals surface area contributed by atoms with Crippen molar-refractivity contribution in [2.24, 2.45) is 5.92 Å². The molecule has 0 spiro atoms. The summed E-state index contributed by atoms with van der Waals surface area (Å²) in [5.41, 5.74) is 3.31. The average Bonchev–Trinajstić information content (AvgIpc) is 2.84. The van der Waals surface area contributed by atoms with Crippen LogP contribution >= 0.6 is 0 Å². The van der Waals surface area contributed by atoms with E-state index in [-0.39, 0.29) is 17.9 Å². The number of aliphatic hydroxyl groups excluding tert-OH is 1. The van der Waals surface area contributed by atoms with Gasteiger partial charge >= 0.3 is 0 Å². The van der Waals surface area contributed by atoms with Crippen LogP contribution in [0.4, 0.5) is 0 Å². The lowest BCUT2D eigenvalue weighted by molar-refractivity contribution is -0.126. The predicted molar refractivity (Wildman–Crippen MR) is 86.3 cm³/mol. The van der Waals surface area contributed by atoms with E-state index in [0.29, 0.717) is 12.8 Å². The van der Waals surface area contributed by atoms with Crippen molar-refractivity contribution in [3.8, 4) is 0 Å². The van der Waals surface area contributed by atoms with Gasteiger partial charge < -0.3 is 10.4 Å². The van der Waals surface area contributed by atoms with Gasteiger partial charge in [0, 0.05) is 12.3 Å². The highest BCUT2D eigenvalue weighted by atomic mass is 16.3. The zero-order valence-corrected chi connectivity index (χ0v) is 12.7. The molecule has 0 saturated heterocycles. The van der Waals surface area contributed by atoms with Crippen LogP contribution in [0, 0.1) is 5.92 Å². The topological polar surface area (TPSA) is 49.3 Å². The number of amides is 1. The molecule has 3 unspecified atom stereocenters. The highest BCUT2D eigenvalue weighted by Crippen LogP contribution is 2.31. The molecule has 1 aliphatic carbocycles. The van der Waals surface area contributed by atoms with Gasteiger partial charge in [0.25, 0.3) is 0 Å². The zero-order valence-electron chi connectivity index (χ0n) is 12.7. The number of hydrogen-bond donors (Lipinski definition) is 2. The molecular weight excluding hydrogens is 274 g/mol. The first-order chi connectivity index (χ1) is 10.6. The standard InChI is InChI=1S/C19H21NO2/c1-13(11-14-7-3-2-4-8-14)19(22)20-18-16-10-6-5-9-15(16)12-17(18)21/h2-10,13,17-18,21H,11-12H2,1H3,(H,20,22).